The Labute approximate surface area is 123 Å². The van der Waals surface area contributed by atoms with Gasteiger partial charge in [0.25, 0.3) is 5.91 Å². The molecule has 0 saturated heterocycles. The zero-order chi connectivity index (χ0) is 14.0. The molecule has 0 radical (unpaired) electrons. The van der Waals surface area contributed by atoms with Gasteiger partial charge in [0.1, 0.15) is 5.82 Å². The topological polar surface area (TPSA) is 29.1 Å². The van der Waals surface area contributed by atoms with Crippen LogP contribution in [-0.4, -0.2) is 5.91 Å². The van der Waals surface area contributed by atoms with Crippen LogP contribution < -0.4 is 5.32 Å². The lowest BCUT2D eigenvalue weighted by Gasteiger charge is -2.09. The molecule has 0 aromatic heterocycles. The SMILES string of the molecule is Cc1ccc(NC(=O)c2ccc(Cl)cc2F)c(Br)c1. The van der Waals surface area contributed by atoms with E-state index >= 15 is 0 Å². The Morgan fingerprint density at radius 1 is 1.26 bits per heavy atom. The Bertz CT molecular complexity index is 645. The maximum Gasteiger partial charge on any atom is 0.258 e. The fraction of sp³-hybridized carbons (Fsp3) is 0.0714. The molecule has 0 spiro atoms. The molecule has 1 amide bonds. The van der Waals surface area contributed by atoms with Gasteiger partial charge in [-0.1, -0.05) is 17.7 Å². The number of aryl methyl sites for hydroxylation is 1. The van der Waals surface area contributed by atoms with Crippen LogP contribution in [0.4, 0.5) is 10.1 Å². The lowest BCUT2D eigenvalue weighted by atomic mass is 10.2. The van der Waals surface area contributed by atoms with Gasteiger partial charge in [-0.15, -0.1) is 0 Å². The summed E-state index contributed by atoms with van der Waals surface area (Å²) in [5, 5.41) is 2.90. The molecule has 0 saturated carbocycles. The maximum atomic E-state index is 13.6. The monoisotopic (exact) mass is 341 g/mol. The number of rotatable bonds is 2. The van der Waals surface area contributed by atoms with E-state index in [1.54, 1.807) is 6.07 Å². The Morgan fingerprint density at radius 3 is 2.63 bits per heavy atom. The summed E-state index contributed by atoms with van der Waals surface area (Å²) in [6.07, 6.45) is 0. The van der Waals surface area contributed by atoms with Gasteiger partial charge in [0, 0.05) is 9.50 Å². The summed E-state index contributed by atoms with van der Waals surface area (Å²) in [6, 6.07) is 9.43. The van der Waals surface area contributed by atoms with Crippen LogP contribution in [0.15, 0.2) is 40.9 Å². The number of carbonyl (C=O) groups excluding carboxylic acids is 1. The van der Waals surface area contributed by atoms with E-state index in [0.717, 1.165) is 16.1 Å². The highest BCUT2D eigenvalue weighted by molar-refractivity contribution is 9.10. The fourth-order valence-corrected chi connectivity index (χ4v) is 2.34. The molecule has 2 aromatic carbocycles. The molecule has 2 aromatic rings. The van der Waals surface area contributed by atoms with E-state index < -0.39 is 11.7 Å². The molecule has 2 rings (SSSR count). The predicted molar refractivity (Wildman–Crippen MR) is 78.2 cm³/mol. The zero-order valence-corrected chi connectivity index (χ0v) is 12.3. The number of amides is 1. The summed E-state index contributed by atoms with van der Waals surface area (Å²) in [5.74, 6) is -1.16. The molecular formula is C14H10BrClFNO. The van der Waals surface area contributed by atoms with Crippen LogP contribution in [-0.2, 0) is 0 Å². The Hall–Kier alpha value is -1.39. The molecule has 2 nitrogen and oxygen atoms in total. The number of anilines is 1. The first kappa shape index (κ1) is 14.0. The largest absolute Gasteiger partial charge is 0.321 e. The van der Waals surface area contributed by atoms with Crippen molar-refractivity contribution in [2.45, 2.75) is 6.92 Å². The minimum absolute atomic E-state index is 0.0446. The van der Waals surface area contributed by atoms with Gasteiger partial charge in [-0.05, 0) is 58.7 Å². The number of benzene rings is 2. The third kappa shape index (κ3) is 3.33. The Morgan fingerprint density at radius 2 is 2.00 bits per heavy atom. The van der Waals surface area contributed by atoms with E-state index in [1.165, 1.54) is 12.1 Å². The van der Waals surface area contributed by atoms with Crippen molar-refractivity contribution < 1.29 is 9.18 Å². The van der Waals surface area contributed by atoms with Crippen LogP contribution in [0.3, 0.4) is 0 Å². The average Bonchev–Trinajstić information content (AvgIpc) is 2.32. The van der Waals surface area contributed by atoms with Gasteiger partial charge in [0.05, 0.1) is 11.3 Å². The van der Waals surface area contributed by atoms with Crippen LogP contribution >= 0.6 is 27.5 Å². The van der Waals surface area contributed by atoms with Crippen molar-refractivity contribution in [3.63, 3.8) is 0 Å². The highest BCUT2D eigenvalue weighted by Crippen LogP contribution is 2.24. The van der Waals surface area contributed by atoms with Gasteiger partial charge >= 0.3 is 0 Å². The molecule has 19 heavy (non-hydrogen) atoms. The quantitative estimate of drug-likeness (QED) is 0.834. The molecule has 0 fully saturated rings. The van der Waals surface area contributed by atoms with E-state index in [4.69, 9.17) is 11.6 Å². The van der Waals surface area contributed by atoms with Crippen LogP contribution in [0.25, 0.3) is 0 Å². The summed E-state index contributed by atoms with van der Waals surface area (Å²) in [4.78, 5) is 12.0. The first-order valence-corrected chi connectivity index (χ1v) is 6.67. The highest BCUT2D eigenvalue weighted by Gasteiger charge is 2.13. The molecule has 0 heterocycles. The molecule has 0 bridgehead atoms. The average molecular weight is 343 g/mol. The molecule has 0 aliphatic carbocycles. The lowest BCUT2D eigenvalue weighted by Crippen LogP contribution is -2.14. The van der Waals surface area contributed by atoms with Crippen molar-refractivity contribution in [2.24, 2.45) is 0 Å². The van der Waals surface area contributed by atoms with Crippen LogP contribution in [0, 0.1) is 12.7 Å². The van der Waals surface area contributed by atoms with Crippen molar-refractivity contribution in [1.29, 1.82) is 0 Å². The zero-order valence-electron chi connectivity index (χ0n) is 10.0. The number of hydrogen-bond donors (Lipinski definition) is 1. The number of halogens is 3. The molecule has 98 valence electrons. The van der Waals surface area contributed by atoms with Gasteiger partial charge in [-0.25, -0.2) is 4.39 Å². The number of hydrogen-bond acceptors (Lipinski definition) is 1. The Kier molecular flexibility index (Phi) is 4.22. The lowest BCUT2D eigenvalue weighted by molar-refractivity contribution is 0.102. The smallest absolute Gasteiger partial charge is 0.258 e. The molecule has 0 aliphatic rings. The van der Waals surface area contributed by atoms with Gasteiger partial charge in [0.15, 0.2) is 0 Å². The summed E-state index contributed by atoms with van der Waals surface area (Å²) < 4.78 is 14.4. The van der Waals surface area contributed by atoms with E-state index in [0.29, 0.717) is 5.69 Å². The van der Waals surface area contributed by atoms with Crippen LogP contribution in [0.2, 0.25) is 5.02 Å². The van der Waals surface area contributed by atoms with Crippen LogP contribution in [0.1, 0.15) is 15.9 Å². The summed E-state index contributed by atoms with van der Waals surface area (Å²) in [7, 11) is 0. The second-order valence-electron chi connectivity index (χ2n) is 4.06. The minimum atomic E-state index is -0.645. The standard InChI is InChI=1S/C14H10BrClFNO/c1-8-2-5-13(11(15)6-8)18-14(19)10-4-3-9(16)7-12(10)17/h2-7H,1H3,(H,18,19). The molecule has 1 N–H and O–H groups in total. The van der Waals surface area contributed by atoms with Crippen molar-refractivity contribution in [2.75, 3.05) is 5.32 Å². The van der Waals surface area contributed by atoms with Gasteiger partial charge in [-0.3, -0.25) is 4.79 Å². The predicted octanol–water partition coefficient (Wildman–Crippen LogP) is 4.80. The van der Waals surface area contributed by atoms with Gasteiger partial charge in [0.2, 0.25) is 0 Å². The summed E-state index contributed by atoms with van der Waals surface area (Å²) >= 11 is 8.99. The molecular weight excluding hydrogens is 333 g/mol. The summed E-state index contributed by atoms with van der Waals surface area (Å²) in [5.41, 5.74) is 1.60. The first-order valence-electron chi connectivity index (χ1n) is 5.50. The Balaban J connectivity index is 2.25. The van der Waals surface area contributed by atoms with E-state index in [1.807, 2.05) is 19.1 Å². The highest BCUT2D eigenvalue weighted by atomic mass is 79.9. The first-order chi connectivity index (χ1) is 8.97. The van der Waals surface area contributed by atoms with Gasteiger partial charge in [-0.2, -0.15) is 0 Å². The maximum absolute atomic E-state index is 13.6. The van der Waals surface area contributed by atoms with E-state index in [9.17, 15) is 9.18 Å². The van der Waals surface area contributed by atoms with Crippen molar-refractivity contribution in [3.8, 4) is 0 Å². The normalized spacial score (nSPS) is 10.3. The molecule has 0 aliphatic heterocycles. The van der Waals surface area contributed by atoms with Crippen molar-refractivity contribution >= 4 is 39.1 Å². The second-order valence-corrected chi connectivity index (χ2v) is 5.35. The molecule has 0 unspecified atom stereocenters. The summed E-state index contributed by atoms with van der Waals surface area (Å²) in [6.45, 7) is 1.94. The second kappa shape index (κ2) is 5.72. The minimum Gasteiger partial charge on any atom is -0.321 e. The van der Waals surface area contributed by atoms with Crippen LogP contribution in [0.5, 0.6) is 0 Å². The van der Waals surface area contributed by atoms with E-state index in [-0.39, 0.29) is 10.6 Å². The fourth-order valence-electron chi connectivity index (χ4n) is 1.58. The third-order valence-electron chi connectivity index (χ3n) is 2.55. The number of carbonyl (C=O) groups is 1. The van der Waals surface area contributed by atoms with Crippen molar-refractivity contribution in [1.82, 2.24) is 0 Å². The number of nitrogens with one attached hydrogen (secondary N) is 1. The molecule has 5 heteroatoms. The van der Waals surface area contributed by atoms with Crippen molar-refractivity contribution in [3.05, 3.63) is 62.8 Å². The van der Waals surface area contributed by atoms with Gasteiger partial charge < -0.3 is 5.32 Å². The molecule has 0 atom stereocenters. The third-order valence-corrected chi connectivity index (χ3v) is 3.44. The van der Waals surface area contributed by atoms with E-state index in [2.05, 4.69) is 21.2 Å².